The molecular formula is C6H13N3O2. The molecule has 0 aliphatic rings. The molecule has 2 amide bonds. The van der Waals surface area contributed by atoms with Gasteiger partial charge in [0.2, 0.25) is 11.8 Å². The molecule has 0 aromatic heterocycles. The van der Waals surface area contributed by atoms with Crippen LogP contribution in [-0.4, -0.2) is 32.6 Å². The Labute approximate surface area is 65.5 Å². The minimum atomic E-state index is -0.279. The van der Waals surface area contributed by atoms with E-state index in [1.165, 1.54) is 7.05 Å². The molecule has 0 rings (SSSR count). The molecule has 0 fully saturated rings. The third kappa shape index (κ3) is 5.35. The Bertz CT molecular complexity index is 147. The first-order valence-corrected chi connectivity index (χ1v) is 3.32. The van der Waals surface area contributed by atoms with E-state index in [0.29, 0.717) is 6.67 Å². The molecule has 0 atom stereocenters. The van der Waals surface area contributed by atoms with Crippen molar-refractivity contribution in [3.63, 3.8) is 0 Å². The summed E-state index contributed by atoms with van der Waals surface area (Å²) >= 11 is 0. The van der Waals surface area contributed by atoms with Gasteiger partial charge in [0.25, 0.3) is 0 Å². The first-order valence-electron chi connectivity index (χ1n) is 3.32. The molecule has 11 heavy (non-hydrogen) atoms. The van der Waals surface area contributed by atoms with Crippen molar-refractivity contribution < 1.29 is 9.59 Å². The molecule has 0 aromatic rings. The summed E-state index contributed by atoms with van der Waals surface area (Å²) in [6, 6.07) is 0. The molecule has 0 spiro atoms. The maximum Gasteiger partial charge on any atom is 0.230 e. The van der Waals surface area contributed by atoms with Gasteiger partial charge in [0, 0.05) is 7.05 Å². The van der Waals surface area contributed by atoms with Gasteiger partial charge in [-0.3, -0.25) is 9.59 Å². The zero-order chi connectivity index (χ0) is 8.69. The van der Waals surface area contributed by atoms with Gasteiger partial charge in [0.15, 0.2) is 0 Å². The maximum atomic E-state index is 10.8. The Morgan fingerprint density at radius 2 is 1.82 bits per heavy atom. The van der Waals surface area contributed by atoms with Crippen molar-refractivity contribution in [3.8, 4) is 0 Å². The predicted octanol–water partition coefficient (Wildman–Crippen LogP) is -1.58. The van der Waals surface area contributed by atoms with Crippen LogP contribution in [0.15, 0.2) is 0 Å². The zero-order valence-electron chi connectivity index (χ0n) is 6.73. The Morgan fingerprint density at radius 3 is 2.27 bits per heavy atom. The van der Waals surface area contributed by atoms with E-state index in [0.717, 1.165) is 0 Å². The molecule has 0 bridgehead atoms. The maximum absolute atomic E-state index is 10.8. The highest BCUT2D eigenvalue weighted by Gasteiger charge is 2.04. The van der Waals surface area contributed by atoms with Crippen LogP contribution in [0.2, 0.25) is 0 Å². The molecule has 0 aliphatic carbocycles. The van der Waals surface area contributed by atoms with Crippen LogP contribution in [0.25, 0.3) is 0 Å². The summed E-state index contributed by atoms with van der Waals surface area (Å²) in [6.45, 7) is 0.385. The van der Waals surface area contributed by atoms with Gasteiger partial charge < -0.3 is 16.0 Å². The van der Waals surface area contributed by atoms with Crippen LogP contribution in [0.5, 0.6) is 0 Å². The summed E-state index contributed by atoms with van der Waals surface area (Å²) in [7, 11) is 3.20. The first kappa shape index (κ1) is 9.90. The van der Waals surface area contributed by atoms with E-state index in [2.05, 4.69) is 16.0 Å². The van der Waals surface area contributed by atoms with E-state index in [1.807, 2.05) is 0 Å². The second-order valence-electron chi connectivity index (χ2n) is 1.98. The molecule has 5 heteroatoms. The fraction of sp³-hybridized carbons (Fsp3) is 0.667. The summed E-state index contributed by atoms with van der Waals surface area (Å²) < 4.78 is 0. The predicted molar refractivity (Wildman–Crippen MR) is 40.8 cm³/mol. The second kappa shape index (κ2) is 5.67. The number of hydrogen-bond acceptors (Lipinski definition) is 3. The molecular weight excluding hydrogens is 146 g/mol. The molecule has 0 saturated heterocycles. The van der Waals surface area contributed by atoms with Gasteiger partial charge in [-0.25, -0.2) is 0 Å². The molecule has 64 valence electrons. The van der Waals surface area contributed by atoms with Gasteiger partial charge in [0.1, 0.15) is 6.42 Å². The van der Waals surface area contributed by atoms with Crippen molar-refractivity contribution in [2.75, 3.05) is 20.8 Å². The summed E-state index contributed by atoms with van der Waals surface area (Å²) in [5.74, 6) is -0.558. The number of rotatable bonds is 4. The third-order valence-corrected chi connectivity index (χ3v) is 1.06. The molecule has 0 unspecified atom stereocenters. The minimum Gasteiger partial charge on any atom is -0.359 e. The molecule has 0 heterocycles. The first-order chi connectivity index (χ1) is 5.20. The largest absolute Gasteiger partial charge is 0.359 e. The number of amides is 2. The minimum absolute atomic E-state index is 0.113. The Morgan fingerprint density at radius 1 is 1.18 bits per heavy atom. The van der Waals surface area contributed by atoms with Crippen molar-refractivity contribution in [2.45, 2.75) is 6.42 Å². The highest BCUT2D eigenvalue weighted by atomic mass is 16.2. The lowest BCUT2D eigenvalue weighted by Crippen LogP contribution is -2.35. The van der Waals surface area contributed by atoms with Crippen LogP contribution in [0, 0.1) is 0 Å². The summed E-state index contributed by atoms with van der Waals surface area (Å²) in [6.07, 6.45) is -0.113. The third-order valence-electron chi connectivity index (χ3n) is 1.06. The summed E-state index contributed by atoms with van der Waals surface area (Å²) in [5, 5.41) is 7.56. The van der Waals surface area contributed by atoms with Crippen LogP contribution in [0.1, 0.15) is 6.42 Å². The standard InChI is InChI=1S/C6H13N3O2/c1-7-4-9-6(11)3-5(10)8-2/h7H,3-4H2,1-2H3,(H,8,10)(H,9,11). The van der Waals surface area contributed by atoms with Gasteiger partial charge in [-0.15, -0.1) is 0 Å². The Kier molecular flexibility index (Phi) is 5.10. The van der Waals surface area contributed by atoms with Crippen molar-refractivity contribution in [1.29, 1.82) is 0 Å². The average molecular weight is 159 g/mol. The zero-order valence-corrected chi connectivity index (χ0v) is 6.73. The molecule has 5 nitrogen and oxygen atoms in total. The highest BCUT2D eigenvalue weighted by molar-refractivity contribution is 5.96. The lowest BCUT2D eigenvalue weighted by atomic mass is 10.4. The van der Waals surface area contributed by atoms with E-state index >= 15 is 0 Å². The van der Waals surface area contributed by atoms with Crippen LogP contribution in [0.3, 0.4) is 0 Å². The van der Waals surface area contributed by atoms with Gasteiger partial charge in [0.05, 0.1) is 6.67 Å². The molecule has 3 N–H and O–H groups in total. The second-order valence-corrected chi connectivity index (χ2v) is 1.98. The van der Waals surface area contributed by atoms with E-state index in [-0.39, 0.29) is 18.2 Å². The van der Waals surface area contributed by atoms with Crippen molar-refractivity contribution >= 4 is 11.8 Å². The summed E-state index contributed by atoms with van der Waals surface area (Å²) in [4.78, 5) is 21.4. The smallest absolute Gasteiger partial charge is 0.230 e. The van der Waals surface area contributed by atoms with Crippen LogP contribution < -0.4 is 16.0 Å². The number of hydrogen-bond donors (Lipinski definition) is 3. The van der Waals surface area contributed by atoms with Gasteiger partial charge in [-0.2, -0.15) is 0 Å². The fourth-order valence-electron chi connectivity index (χ4n) is 0.484. The number of nitrogens with one attached hydrogen (secondary N) is 3. The molecule has 0 aromatic carbocycles. The van der Waals surface area contributed by atoms with E-state index in [9.17, 15) is 9.59 Å². The summed E-state index contributed by atoms with van der Waals surface area (Å²) in [5.41, 5.74) is 0. The van der Waals surface area contributed by atoms with Gasteiger partial charge in [-0.1, -0.05) is 0 Å². The van der Waals surface area contributed by atoms with Crippen LogP contribution in [0.4, 0.5) is 0 Å². The quantitative estimate of drug-likeness (QED) is 0.342. The Balaban J connectivity index is 3.44. The molecule has 0 radical (unpaired) electrons. The fourth-order valence-corrected chi connectivity index (χ4v) is 0.484. The van der Waals surface area contributed by atoms with Gasteiger partial charge in [-0.05, 0) is 7.05 Å². The lowest BCUT2D eigenvalue weighted by molar-refractivity contribution is -0.129. The lowest BCUT2D eigenvalue weighted by Gasteiger charge is -2.02. The highest BCUT2D eigenvalue weighted by Crippen LogP contribution is 1.76. The van der Waals surface area contributed by atoms with E-state index in [1.54, 1.807) is 7.05 Å². The molecule has 0 aliphatic heterocycles. The van der Waals surface area contributed by atoms with Crippen molar-refractivity contribution in [3.05, 3.63) is 0 Å². The van der Waals surface area contributed by atoms with E-state index in [4.69, 9.17) is 0 Å². The van der Waals surface area contributed by atoms with Gasteiger partial charge >= 0.3 is 0 Å². The van der Waals surface area contributed by atoms with Crippen LogP contribution in [-0.2, 0) is 9.59 Å². The Hall–Kier alpha value is -1.10. The normalized spacial score (nSPS) is 8.91. The monoisotopic (exact) mass is 159 g/mol. The topological polar surface area (TPSA) is 70.2 Å². The number of carbonyl (C=O) groups excluding carboxylic acids is 2. The van der Waals surface area contributed by atoms with E-state index < -0.39 is 0 Å². The van der Waals surface area contributed by atoms with Crippen molar-refractivity contribution in [2.24, 2.45) is 0 Å². The number of carbonyl (C=O) groups is 2. The van der Waals surface area contributed by atoms with Crippen molar-refractivity contribution in [1.82, 2.24) is 16.0 Å². The molecule has 0 saturated carbocycles. The van der Waals surface area contributed by atoms with Crippen LogP contribution >= 0.6 is 0 Å². The SMILES string of the molecule is CNCNC(=O)CC(=O)NC. The average Bonchev–Trinajstić information content (AvgIpc) is 2.00.